The molecule has 0 aromatic heterocycles. The second-order valence-corrected chi connectivity index (χ2v) is 8.23. The van der Waals surface area contributed by atoms with Crippen LogP contribution in [0.15, 0.2) is 79.9 Å². The van der Waals surface area contributed by atoms with E-state index in [0.29, 0.717) is 0 Å². The zero-order valence-electron chi connectivity index (χ0n) is 18.0. The molecule has 35 heavy (non-hydrogen) atoms. The standard InChI is InChI=1S/C21H18N6O7S/c1-34-21(30)12-5-3-7-14(9-12)24-26-15-10-16(35(31,32)33)18(23)19(17(15)22)27-25-13-6-2-4-11(8-13)20(28)29/h2-10H,22-23H2,1H3,(H,28,29)(H,31,32,33)/b26-24+,27-25+. The molecule has 0 aliphatic rings. The Bertz CT molecular complexity index is 1490. The van der Waals surface area contributed by atoms with Gasteiger partial charge in [-0.2, -0.15) is 18.6 Å². The lowest BCUT2D eigenvalue weighted by molar-refractivity contribution is 0.0599. The summed E-state index contributed by atoms with van der Waals surface area (Å²) in [7, 11) is -3.60. The number of carboxylic acid groups (broad SMARTS) is 1. The molecular weight excluding hydrogens is 480 g/mol. The molecule has 0 atom stereocenters. The Morgan fingerprint density at radius 1 is 0.857 bits per heavy atom. The second-order valence-electron chi connectivity index (χ2n) is 6.84. The number of esters is 1. The maximum absolute atomic E-state index is 11.9. The molecule has 0 aliphatic heterocycles. The molecule has 0 spiro atoms. The van der Waals surface area contributed by atoms with Gasteiger partial charge in [0.1, 0.15) is 16.3 Å². The summed E-state index contributed by atoms with van der Waals surface area (Å²) < 4.78 is 38.0. The summed E-state index contributed by atoms with van der Waals surface area (Å²) in [4.78, 5) is 22.1. The average molecular weight is 498 g/mol. The van der Waals surface area contributed by atoms with Crippen LogP contribution in [0.4, 0.5) is 34.1 Å². The molecule has 0 aliphatic carbocycles. The summed E-state index contributed by atoms with van der Waals surface area (Å²) in [5.41, 5.74) is 11.1. The average Bonchev–Trinajstić information content (AvgIpc) is 2.82. The van der Waals surface area contributed by atoms with E-state index in [-0.39, 0.29) is 39.6 Å². The number of anilines is 2. The van der Waals surface area contributed by atoms with Gasteiger partial charge < -0.3 is 21.3 Å². The first kappa shape index (κ1) is 24.9. The number of nitrogens with two attached hydrogens (primary N) is 2. The maximum atomic E-state index is 11.9. The van der Waals surface area contributed by atoms with Gasteiger partial charge in [0.15, 0.2) is 0 Å². The minimum Gasteiger partial charge on any atom is -0.478 e. The van der Waals surface area contributed by atoms with E-state index in [1.165, 1.54) is 55.6 Å². The van der Waals surface area contributed by atoms with Crippen molar-refractivity contribution >= 4 is 56.2 Å². The number of azo groups is 2. The van der Waals surface area contributed by atoms with Gasteiger partial charge >= 0.3 is 11.9 Å². The third-order valence-electron chi connectivity index (χ3n) is 4.50. The van der Waals surface area contributed by atoms with Crippen molar-refractivity contribution in [3.63, 3.8) is 0 Å². The highest BCUT2D eigenvalue weighted by molar-refractivity contribution is 7.86. The van der Waals surface area contributed by atoms with E-state index >= 15 is 0 Å². The number of aromatic carboxylic acids is 1. The van der Waals surface area contributed by atoms with E-state index in [2.05, 4.69) is 25.2 Å². The molecule has 13 nitrogen and oxygen atoms in total. The molecule has 0 radical (unpaired) electrons. The smallest absolute Gasteiger partial charge is 0.337 e. The van der Waals surface area contributed by atoms with E-state index in [1.807, 2.05) is 0 Å². The number of methoxy groups -OCH3 is 1. The van der Waals surface area contributed by atoms with Crippen molar-refractivity contribution in [3.8, 4) is 0 Å². The van der Waals surface area contributed by atoms with Crippen LogP contribution in [0.5, 0.6) is 0 Å². The van der Waals surface area contributed by atoms with Gasteiger partial charge in [0.25, 0.3) is 10.1 Å². The van der Waals surface area contributed by atoms with Gasteiger partial charge in [-0.05, 0) is 42.5 Å². The normalized spacial score (nSPS) is 11.7. The molecule has 0 heterocycles. The Morgan fingerprint density at radius 3 is 2.00 bits per heavy atom. The number of rotatable bonds is 7. The predicted molar refractivity (Wildman–Crippen MR) is 125 cm³/mol. The van der Waals surface area contributed by atoms with Gasteiger partial charge in [0.2, 0.25) is 0 Å². The van der Waals surface area contributed by atoms with Crippen LogP contribution in [0.25, 0.3) is 0 Å². The highest BCUT2D eigenvalue weighted by atomic mass is 32.2. The number of carboxylic acids is 1. The molecule has 3 rings (SSSR count). The van der Waals surface area contributed by atoms with Crippen LogP contribution in [0.2, 0.25) is 0 Å². The number of carbonyl (C=O) groups is 2. The fourth-order valence-corrected chi connectivity index (χ4v) is 3.44. The minimum absolute atomic E-state index is 0.0576. The minimum atomic E-state index is -4.82. The van der Waals surface area contributed by atoms with E-state index in [9.17, 15) is 22.6 Å². The van der Waals surface area contributed by atoms with Crippen molar-refractivity contribution in [2.45, 2.75) is 4.90 Å². The molecule has 0 fully saturated rings. The van der Waals surface area contributed by atoms with Gasteiger partial charge in [-0.1, -0.05) is 12.1 Å². The Morgan fingerprint density at radius 2 is 1.43 bits per heavy atom. The van der Waals surface area contributed by atoms with Gasteiger partial charge in [0.05, 0.1) is 41.0 Å². The van der Waals surface area contributed by atoms with Crippen LogP contribution >= 0.6 is 0 Å². The van der Waals surface area contributed by atoms with Crippen LogP contribution in [-0.4, -0.2) is 37.1 Å². The first-order chi connectivity index (χ1) is 16.5. The van der Waals surface area contributed by atoms with E-state index in [1.54, 1.807) is 0 Å². The highest BCUT2D eigenvalue weighted by Crippen LogP contribution is 2.43. The lowest BCUT2D eigenvalue weighted by Gasteiger charge is -2.10. The number of nitrogens with zero attached hydrogens (tertiary/aromatic N) is 4. The van der Waals surface area contributed by atoms with Crippen LogP contribution in [0.1, 0.15) is 20.7 Å². The zero-order chi connectivity index (χ0) is 25.8. The van der Waals surface area contributed by atoms with Gasteiger partial charge in [-0.25, -0.2) is 9.59 Å². The largest absolute Gasteiger partial charge is 0.478 e. The molecule has 0 amide bonds. The van der Waals surface area contributed by atoms with Crippen LogP contribution in [0, 0.1) is 0 Å². The Labute approximate surface area is 198 Å². The maximum Gasteiger partial charge on any atom is 0.337 e. The summed E-state index contributed by atoms with van der Waals surface area (Å²) in [5, 5.41) is 24.7. The molecule has 6 N–H and O–H groups in total. The lowest BCUT2D eigenvalue weighted by atomic mass is 10.2. The van der Waals surface area contributed by atoms with Crippen molar-refractivity contribution < 1.29 is 32.4 Å². The number of benzene rings is 3. The van der Waals surface area contributed by atoms with E-state index in [4.69, 9.17) is 16.6 Å². The quantitative estimate of drug-likeness (QED) is 0.156. The van der Waals surface area contributed by atoms with Crippen LogP contribution in [0.3, 0.4) is 0 Å². The third kappa shape index (κ3) is 5.82. The number of nitrogen functional groups attached to an aromatic ring is 2. The number of hydrogen-bond acceptors (Lipinski definition) is 11. The highest BCUT2D eigenvalue weighted by Gasteiger charge is 2.22. The van der Waals surface area contributed by atoms with Crippen molar-refractivity contribution in [2.24, 2.45) is 20.5 Å². The van der Waals surface area contributed by atoms with Crippen molar-refractivity contribution in [3.05, 3.63) is 65.7 Å². The van der Waals surface area contributed by atoms with Gasteiger partial charge in [-0.15, -0.1) is 10.2 Å². The SMILES string of the molecule is COC(=O)c1cccc(/N=N/c2cc(S(=O)(=O)O)c(N)c(/N=N/c3cccc(C(=O)O)c3)c2N)c1. The fraction of sp³-hybridized carbons (Fsp3) is 0.0476. The Kier molecular flexibility index (Phi) is 7.17. The van der Waals surface area contributed by atoms with Gasteiger partial charge in [0, 0.05) is 0 Å². The summed E-state index contributed by atoms with van der Waals surface area (Å²) in [6, 6.07) is 12.3. The molecule has 0 bridgehead atoms. The van der Waals surface area contributed by atoms with Crippen LogP contribution in [-0.2, 0) is 14.9 Å². The predicted octanol–water partition coefficient (Wildman–Crippen LogP) is 4.41. The number of hydrogen-bond donors (Lipinski definition) is 4. The monoisotopic (exact) mass is 498 g/mol. The Hall–Kier alpha value is -4.69. The molecule has 0 saturated heterocycles. The summed E-state index contributed by atoms with van der Waals surface area (Å²) >= 11 is 0. The molecule has 3 aromatic carbocycles. The summed E-state index contributed by atoms with van der Waals surface area (Å²) in [6.07, 6.45) is 0. The molecular formula is C21H18N6O7S. The molecule has 0 unspecified atom stereocenters. The van der Waals surface area contributed by atoms with Crippen molar-refractivity contribution in [1.82, 2.24) is 0 Å². The third-order valence-corrected chi connectivity index (χ3v) is 5.39. The van der Waals surface area contributed by atoms with Crippen LogP contribution < -0.4 is 11.5 Å². The first-order valence-electron chi connectivity index (χ1n) is 9.56. The Balaban J connectivity index is 2.09. The number of carbonyl (C=O) groups excluding carboxylic acids is 1. The topological polar surface area (TPSA) is 219 Å². The second kappa shape index (κ2) is 10.1. The van der Waals surface area contributed by atoms with Crippen molar-refractivity contribution in [1.29, 1.82) is 0 Å². The fourth-order valence-electron chi connectivity index (χ4n) is 2.80. The summed E-state index contributed by atoms with van der Waals surface area (Å²) in [6.45, 7) is 0. The molecule has 3 aromatic rings. The first-order valence-corrected chi connectivity index (χ1v) is 11.0. The van der Waals surface area contributed by atoms with Crippen molar-refractivity contribution in [2.75, 3.05) is 18.6 Å². The van der Waals surface area contributed by atoms with E-state index < -0.39 is 32.6 Å². The molecule has 14 heteroatoms. The molecule has 180 valence electrons. The van der Waals surface area contributed by atoms with E-state index in [0.717, 1.165) is 6.07 Å². The summed E-state index contributed by atoms with van der Waals surface area (Å²) in [5.74, 6) is -1.79. The lowest BCUT2D eigenvalue weighted by Crippen LogP contribution is -2.05. The zero-order valence-corrected chi connectivity index (χ0v) is 18.8. The molecule has 0 saturated carbocycles. The van der Waals surface area contributed by atoms with Gasteiger partial charge in [-0.3, -0.25) is 4.55 Å². The number of ether oxygens (including phenoxy) is 1.